The summed E-state index contributed by atoms with van der Waals surface area (Å²) in [7, 11) is 0. The SMILES string of the molecule is CCc1ccccc1NC(=O)c1ccc(OCC(=O)Nc2ccc(F)cc2)cc1. The minimum atomic E-state index is -0.374. The predicted molar refractivity (Wildman–Crippen MR) is 111 cm³/mol. The van der Waals surface area contributed by atoms with Crippen molar-refractivity contribution in [1.82, 2.24) is 0 Å². The molecule has 0 unspecified atom stereocenters. The van der Waals surface area contributed by atoms with Crippen LogP contribution in [0.15, 0.2) is 72.8 Å². The molecule has 148 valence electrons. The lowest BCUT2D eigenvalue weighted by atomic mass is 10.1. The van der Waals surface area contributed by atoms with Gasteiger partial charge < -0.3 is 15.4 Å². The van der Waals surface area contributed by atoms with Crippen molar-refractivity contribution in [2.45, 2.75) is 13.3 Å². The molecule has 0 saturated heterocycles. The van der Waals surface area contributed by atoms with Crippen molar-refractivity contribution in [1.29, 1.82) is 0 Å². The van der Waals surface area contributed by atoms with E-state index in [2.05, 4.69) is 10.6 Å². The third-order valence-corrected chi connectivity index (χ3v) is 4.26. The monoisotopic (exact) mass is 392 g/mol. The fourth-order valence-corrected chi connectivity index (χ4v) is 2.73. The maximum absolute atomic E-state index is 12.9. The van der Waals surface area contributed by atoms with E-state index in [1.54, 1.807) is 24.3 Å². The zero-order chi connectivity index (χ0) is 20.6. The number of para-hydroxylation sites is 1. The maximum atomic E-state index is 12.9. The standard InChI is InChI=1S/C23H21FN2O3/c1-2-16-5-3-4-6-21(16)26-23(28)17-7-13-20(14-8-17)29-15-22(27)25-19-11-9-18(24)10-12-19/h3-14H,2,15H2,1H3,(H,25,27)(H,26,28). The second-order valence-electron chi connectivity index (χ2n) is 6.33. The van der Waals surface area contributed by atoms with Crippen molar-refractivity contribution in [3.63, 3.8) is 0 Å². The quantitative estimate of drug-likeness (QED) is 0.615. The number of aryl methyl sites for hydroxylation is 1. The van der Waals surface area contributed by atoms with E-state index in [-0.39, 0.29) is 24.2 Å². The summed E-state index contributed by atoms with van der Waals surface area (Å²) in [5.41, 5.74) is 2.82. The molecule has 0 atom stereocenters. The van der Waals surface area contributed by atoms with Gasteiger partial charge in [0.1, 0.15) is 11.6 Å². The topological polar surface area (TPSA) is 67.4 Å². The lowest BCUT2D eigenvalue weighted by molar-refractivity contribution is -0.118. The zero-order valence-electron chi connectivity index (χ0n) is 15.9. The van der Waals surface area contributed by atoms with Crippen LogP contribution < -0.4 is 15.4 Å². The first kappa shape index (κ1) is 20.1. The first-order valence-corrected chi connectivity index (χ1v) is 9.22. The summed E-state index contributed by atoms with van der Waals surface area (Å²) in [5.74, 6) is -0.493. The zero-order valence-corrected chi connectivity index (χ0v) is 15.9. The Hall–Kier alpha value is -3.67. The van der Waals surface area contributed by atoms with Crippen LogP contribution in [0.4, 0.5) is 15.8 Å². The van der Waals surface area contributed by atoms with Gasteiger partial charge in [-0.15, -0.1) is 0 Å². The van der Waals surface area contributed by atoms with Gasteiger partial charge in [-0.3, -0.25) is 9.59 Å². The Morgan fingerprint density at radius 3 is 2.28 bits per heavy atom. The van der Waals surface area contributed by atoms with Gasteiger partial charge in [-0.25, -0.2) is 4.39 Å². The number of hydrogen-bond acceptors (Lipinski definition) is 3. The average molecular weight is 392 g/mol. The van der Waals surface area contributed by atoms with Gasteiger partial charge in [0.15, 0.2) is 6.61 Å². The lowest BCUT2D eigenvalue weighted by Crippen LogP contribution is -2.20. The van der Waals surface area contributed by atoms with Crippen LogP contribution >= 0.6 is 0 Å². The summed E-state index contributed by atoms with van der Waals surface area (Å²) < 4.78 is 18.3. The van der Waals surface area contributed by atoms with Gasteiger partial charge in [-0.2, -0.15) is 0 Å². The molecule has 0 aliphatic rings. The smallest absolute Gasteiger partial charge is 0.262 e. The van der Waals surface area contributed by atoms with Crippen LogP contribution in [0.2, 0.25) is 0 Å². The number of nitrogens with one attached hydrogen (secondary N) is 2. The summed E-state index contributed by atoms with van der Waals surface area (Å²) in [6.07, 6.45) is 0.823. The highest BCUT2D eigenvalue weighted by molar-refractivity contribution is 6.04. The average Bonchev–Trinajstić information content (AvgIpc) is 2.74. The van der Waals surface area contributed by atoms with Gasteiger partial charge in [0.25, 0.3) is 11.8 Å². The lowest BCUT2D eigenvalue weighted by Gasteiger charge is -2.10. The van der Waals surface area contributed by atoms with Crippen LogP contribution in [0, 0.1) is 5.82 Å². The fraction of sp³-hybridized carbons (Fsp3) is 0.130. The van der Waals surface area contributed by atoms with Gasteiger partial charge in [-0.05, 0) is 66.6 Å². The molecule has 3 aromatic carbocycles. The first-order valence-electron chi connectivity index (χ1n) is 9.22. The number of rotatable bonds is 7. The van der Waals surface area contributed by atoms with E-state index < -0.39 is 0 Å². The molecular weight excluding hydrogens is 371 g/mol. The number of halogens is 1. The van der Waals surface area contributed by atoms with Gasteiger partial charge in [0.2, 0.25) is 0 Å². The Balaban J connectivity index is 1.53. The summed E-state index contributed by atoms with van der Waals surface area (Å²) in [5, 5.41) is 5.52. The molecule has 0 heterocycles. The third kappa shape index (κ3) is 5.65. The molecule has 2 amide bonds. The Bertz CT molecular complexity index is 986. The summed E-state index contributed by atoms with van der Waals surface area (Å²) >= 11 is 0. The molecule has 5 nitrogen and oxygen atoms in total. The molecule has 2 N–H and O–H groups in total. The van der Waals surface area contributed by atoms with Crippen LogP contribution in [0.25, 0.3) is 0 Å². The number of carbonyl (C=O) groups excluding carboxylic acids is 2. The third-order valence-electron chi connectivity index (χ3n) is 4.26. The van der Waals surface area contributed by atoms with E-state index in [1.165, 1.54) is 24.3 Å². The predicted octanol–water partition coefficient (Wildman–Crippen LogP) is 4.66. The van der Waals surface area contributed by atoms with Gasteiger partial charge >= 0.3 is 0 Å². The molecule has 0 aliphatic carbocycles. The number of anilines is 2. The molecule has 6 heteroatoms. The highest BCUT2D eigenvalue weighted by Gasteiger charge is 2.09. The van der Waals surface area contributed by atoms with Crippen LogP contribution in [0.3, 0.4) is 0 Å². The molecule has 29 heavy (non-hydrogen) atoms. The molecule has 0 aromatic heterocycles. The largest absolute Gasteiger partial charge is 0.484 e. The molecule has 0 radical (unpaired) electrons. The normalized spacial score (nSPS) is 10.3. The molecule has 3 aromatic rings. The van der Waals surface area contributed by atoms with Crippen LogP contribution in [0.1, 0.15) is 22.8 Å². The summed E-state index contributed by atoms with van der Waals surface area (Å²) in [4.78, 5) is 24.4. The summed E-state index contributed by atoms with van der Waals surface area (Å²) in [6, 6.07) is 19.7. The van der Waals surface area contributed by atoms with E-state index in [4.69, 9.17) is 4.74 Å². The van der Waals surface area contributed by atoms with Crippen molar-refractivity contribution in [3.8, 4) is 5.75 Å². The Kier molecular flexibility index (Phi) is 6.58. The molecule has 0 fully saturated rings. The molecule has 0 bridgehead atoms. The van der Waals surface area contributed by atoms with Crippen molar-refractivity contribution >= 4 is 23.2 Å². The van der Waals surface area contributed by atoms with Crippen molar-refractivity contribution in [2.24, 2.45) is 0 Å². The molecule has 3 rings (SSSR count). The van der Waals surface area contributed by atoms with E-state index in [9.17, 15) is 14.0 Å². The number of ether oxygens (including phenoxy) is 1. The number of hydrogen-bond donors (Lipinski definition) is 2. The Morgan fingerprint density at radius 1 is 0.897 bits per heavy atom. The van der Waals surface area contributed by atoms with Gasteiger partial charge in [-0.1, -0.05) is 25.1 Å². The van der Waals surface area contributed by atoms with Gasteiger partial charge in [0, 0.05) is 16.9 Å². The van der Waals surface area contributed by atoms with Crippen molar-refractivity contribution in [3.05, 3.63) is 89.7 Å². The molecule has 0 spiro atoms. The maximum Gasteiger partial charge on any atom is 0.262 e. The van der Waals surface area contributed by atoms with E-state index in [1.807, 2.05) is 31.2 Å². The van der Waals surface area contributed by atoms with E-state index in [0.29, 0.717) is 17.0 Å². The molecular formula is C23H21FN2O3. The number of amides is 2. The van der Waals surface area contributed by atoms with Gasteiger partial charge in [0.05, 0.1) is 0 Å². The fourth-order valence-electron chi connectivity index (χ4n) is 2.73. The Morgan fingerprint density at radius 2 is 1.59 bits per heavy atom. The van der Waals surface area contributed by atoms with E-state index >= 15 is 0 Å². The molecule has 0 aliphatic heterocycles. The summed E-state index contributed by atoms with van der Waals surface area (Å²) in [6.45, 7) is 1.83. The number of carbonyl (C=O) groups is 2. The molecule has 0 saturated carbocycles. The van der Waals surface area contributed by atoms with Crippen molar-refractivity contribution in [2.75, 3.05) is 17.2 Å². The second kappa shape index (κ2) is 9.50. The number of benzene rings is 3. The second-order valence-corrected chi connectivity index (χ2v) is 6.33. The minimum absolute atomic E-state index is 0.202. The highest BCUT2D eigenvalue weighted by Crippen LogP contribution is 2.18. The van der Waals surface area contributed by atoms with Crippen molar-refractivity contribution < 1.29 is 18.7 Å². The van der Waals surface area contributed by atoms with Crippen LogP contribution in [-0.4, -0.2) is 18.4 Å². The van der Waals surface area contributed by atoms with E-state index in [0.717, 1.165) is 17.7 Å². The highest BCUT2D eigenvalue weighted by atomic mass is 19.1. The van der Waals surface area contributed by atoms with Crippen LogP contribution in [-0.2, 0) is 11.2 Å². The van der Waals surface area contributed by atoms with Crippen LogP contribution in [0.5, 0.6) is 5.75 Å². The first-order chi connectivity index (χ1) is 14.0. The minimum Gasteiger partial charge on any atom is -0.484 e. The Labute approximate surface area is 168 Å².